The second-order valence-electron chi connectivity index (χ2n) is 6.86. The molecule has 0 aliphatic carbocycles. The van der Waals surface area contributed by atoms with Gasteiger partial charge in [0.15, 0.2) is 0 Å². The number of imidazole rings is 1. The van der Waals surface area contributed by atoms with Crippen molar-refractivity contribution in [2.24, 2.45) is 0 Å². The van der Waals surface area contributed by atoms with Gasteiger partial charge >= 0.3 is 6.03 Å². The molecule has 0 aliphatic heterocycles. The highest BCUT2D eigenvalue weighted by molar-refractivity contribution is 5.99. The molecule has 0 unspecified atom stereocenters. The van der Waals surface area contributed by atoms with Gasteiger partial charge in [-0.05, 0) is 50.2 Å². The summed E-state index contributed by atoms with van der Waals surface area (Å²) in [5, 5.41) is 4.94. The number of nitrogens with one attached hydrogen (secondary N) is 2. The fourth-order valence-corrected chi connectivity index (χ4v) is 2.89. The summed E-state index contributed by atoms with van der Waals surface area (Å²) in [6.07, 6.45) is 3.08. The highest BCUT2D eigenvalue weighted by Crippen LogP contribution is 2.23. The maximum atomic E-state index is 13.2. The number of rotatable bonds is 5. The highest BCUT2D eigenvalue weighted by Gasteiger charge is 2.09. The SMILES string of the molecule is Cc1ncn(-c2cc(Oc3ccc(NC(=O)Nc4cc(F)cc(F)c4)cc3)ncn2)c1C. The number of hydrogen-bond acceptors (Lipinski definition) is 5. The molecule has 4 aromatic rings. The molecule has 2 amide bonds. The van der Waals surface area contributed by atoms with Gasteiger partial charge in [0.2, 0.25) is 5.88 Å². The van der Waals surface area contributed by atoms with Crippen molar-refractivity contribution >= 4 is 17.4 Å². The fraction of sp³-hybridized carbons (Fsp3) is 0.0909. The molecule has 2 N–H and O–H groups in total. The van der Waals surface area contributed by atoms with Crippen molar-refractivity contribution in [3.63, 3.8) is 0 Å². The van der Waals surface area contributed by atoms with Crippen LogP contribution < -0.4 is 15.4 Å². The van der Waals surface area contributed by atoms with E-state index >= 15 is 0 Å². The number of carbonyl (C=O) groups excluding carboxylic acids is 1. The molecule has 2 aromatic carbocycles. The van der Waals surface area contributed by atoms with Gasteiger partial charge in [-0.1, -0.05) is 0 Å². The van der Waals surface area contributed by atoms with Crippen LogP contribution in [0.4, 0.5) is 25.0 Å². The second kappa shape index (κ2) is 8.80. The molecule has 32 heavy (non-hydrogen) atoms. The first kappa shape index (κ1) is 20.9. The van der Waals surface area contributed by atoms with Crippen LogP contribution in [0.5, 0.6) is 11.6 Å². The number of nitrogens with zero attached hydrogens (tertiary/aromatic N) is 4. The van der Waals surface area contributed by atoms with Gasteiger partial charge in [-0.25, -0.2) is 28.5 Å². The van der Waals surface area contributed by atoms with Crippen molar-refractivity contribution in [3.05, 3.63) is 84.2 Å². The second-order valence-corrected chi connectivity index (χ2v) is 6.86. The lowest BCUT2D eigenvalue weighted by Gasteiger charge is -2.10. The average molecular weight is 436 g/mol. The molecule has 0 spiro atoms. The molecule has 0 saturated heterocycles. The summed E-state index contributed by atoms with van der Waals surface area (Å²) >= 11 is 0. The van der Waals surface area contributed by atoms with E-state index in [-0.39, 0.29) is 5.69 Å². The predicted octanol–water partition coefficient (Wildman–Crippen LogP) is 4.99. The summed E-state index contributed by atoms with van der Waals surface area (Å²) < 4.78 is 34.1. The third-order valence-corrected chi connectivity index (χ3v) is 4.58. The van der Waals surface area contributed by atoms with E-state index in [4.69, 9.17) is 4.74 Å². The first-order valence-corrected chi connectivity index (χ1v) is 9.52. The molecular formula is C22H18F2N6O2. The fourth-order valence-electron chi connectivity index (χ4n) is 2.89. The van der Waals surface area contributed by atoms with Gasteiger partial charge in [-0.3, -0.25) is 4.57 Å². The van der Waals surface area contributed by atoms with Gasteiger partial charge in [0.1, 0.15) is 35.9 Å². The van der Waals surface area contributed by atoms with Gasteiger partial charge in [0, 0.05) is 29.2 Å². The van der Waals surface area contributed by atoms with Crippen LogP contribution in [-0.4, -0.2) is 25.6 Å². The molecule has 8 nitrogen and oxygen atoms in total. The standard InChI is InChI=1S/C22H18F2N6O2/c1-13-14(2)30(12-27-13)20-10-21(26-11-25-20)32-19-5-3-17(4-6-19)28-22(31)29-18-8-15(23)7-16(24)9-18/h3-12H,1-2H3,(H2,28,29,31). The summed E-state index contributed by atoms with van der Waals surface area (Å²) in [6.45, 7) is 3.86. The molecule has 0 aliphatic rings. The van der Waals surface area contributed by atoms with Crippen molar-refractivity contribution in [1.29, 1.82) is 0 Å². The summed E-state index contributed by atoms with van der Waals surface area (Å²) in [6, 6.07) is 10.3. The van der Waals surface area contributed by atoms with Crippen LogP contribution >= 0.6 is 0 Å². The molecule has 2 aromatic heterocycles. The Labute approximate surface area is 181 Å². The number of urea groups is 1. The van der Waals surface area contributed by atoms with Crippen molar-refractivity contribution in [3.8, 4) is 17.4 Å². The van der Waals surface area contributed by atoms with E-state index in [1.807, 2.05) is 18.4 Å². The Morgan fingerprint density at radius 3 is 2.25 bits per heavy atom. The van der Waals surface area contributed by atoms with E-state index in [1.165, 1.54) is 6.33 Å². The van der Waals surface area contributed by atoms with Crippen LogP contribution in [0.3, 0.4) is 0 Å². The molecule has 0 atom stereocenters. The molecular weight excluding hydrogens is 418 g/mol. The molecule has 0 radical (unpaired) electrons. The van der Waals surface area contributed by atoms with Crippen molar-refractivity contribution in [2.45, 2.75) is 13.8 Å². The molecule has 10 heteroatoms. The van der Waals surface area contributed by atoms with Crippen LogP contribution in [-0.2, 0) is 0 Å². The van der Waals surface area contributed by atoms with Gasteiger partial charge in [0.25, 0.3) is 0 Å². The molecule has 0 bridgehead atoms. The van der Waals surface area contributed by atoms with E-state index in [2.05, 4.69) is 25.6 Å². The number of halogens is 2. The zero-order chi connectivity index (χ0) is 22.7. The molecule has 0 fully saturated rings. The van der Waals surface area contributed by atoms with Crippen molar-refractivity contribution in [2.75, 3.05) is 10.6 Å². The van der Waals surface area contributed by atoms with Crippen LogP contribution in [0.1, 0.15) is 11.4 Å². The lowest BCUT2D eigenvalue weighted by molar-refractivity contribution is 0.262. The topological polar surface area (TPSA) is 94.0 Å². The quantitative estimate of drug-likeness (QED) is 0.460. The number of anilines is 2. The number of benzene rings is 2. The van der Waals surface area contributed by atoms with E-state index in [9.17, 15) is 13.6 Å². The maximum absolute atomic E-state index is 13.2. The van der Waals surface area contributed by atoms with Crippen LogP contribution in [0.2, 0.25) is 0 Å². The lowest BCUT2D eigenvalue weighted by Crippen LogP contribution is -2.19. The number of aryl methyl sites for hydroxylation is 1. The van der Waals surface area contributed by atoms with Crippen molar-refractivity contribution in [1.82, 2.24) is 19.5 Å². The Morgan fingerprint density at radius 1 is 0.906 bits per heavy atom. The van der Waals surface area contributed by atoms with Gasteiger partial charge in [0.05, 0.1) is 5.69 Å². The van der Waals surface area contributed by atoms with Crippen LogP contribution in [0, 0.1) is 25.5 Å². The number of aromatic nitrogens is 4. The van der Waals surface area contributed by atoms with Gasteiger partial charge < -0.3 is 15.4 Å². The summed E-state index contributed by atoms with van der Waals surface area (Å²) in [5.41, 5.74) is 2.33. The third kappa shape index (κ3) is 4.86. The highest BCUT2D eigenvalue weighted by atomic mass is 19.1. The smallest absolute Gasteiger partial charge is 0.323 e. The molecule has 2 heterocycles. The van der Waals surface area contributed by atoms with Crippen molar-refractivity contribution < 1.29 is 18.3 Å². The Bertz CT molecular complexity index is 1250. The zero-order valence-electron chi connectivity index (χ0n) is 17.1. The zero-order valence-corrected chi connectivity index (χ0v) is 17.1. The summed E-state index contributed by atoms with van der Waals surface area (Å²) in [4.78, 5) is 24.7. The Hall–Kier alpha value is -4.34. The largest absolute Gasteiger partial charge is 0.439 e. The van der Waals surface area contributed by atoms with Crippen LogP contribution in [0.15, 0.2) is 61.2 Å². The average Bonchev–Trinajstić information content (AvgIpc) is 3.07. The van der Waals surface area contributed by atoms with E-state index < -0.39 is 17.7 Å². The maximum Gasteiger partial charge on any atom is 0.323 e. The number of carbonyl (C=O) groups is 1. The molecule has 0 saturated carbocycles. The van der Waals surface area contributed by atoms with E-state index in [0.717, 1.165) is 29.6 Å². The first-order chi connectivity index (χ1) is 15.4. The summed E-state index contributed by atoms with van der Waals surface area (Å²) in [5.74, 6) is -0.114. The van der Waals surface area contributed by atoms with E-state index in [1.54, 1.807) is 36.7 Å². The summed E-state index contributed by atoms with van der Waals surface area (Å²) in [7, 11) is 0. The van der Waals surface area contributed by atoms with Crippen LogP contribution in [0.25, 0.3) is 5.82 Å². The Balaban J connectivity index is 1.40. The Morgan fingerprint density at radius 2 is 1.59 bits per heavy atom. The van der Waals surface area contributed by atoms with E-state index in [0.29, 0.717) is 23.1 Å². The number of amides is 2. The molecule has 162 valence electrons. The lowest BCUT2D eigenvalue weighted by atomic mass is 10.3. The minimum atomic E-state index is -0.784. The van der Waals surface area contributed by atoms with Gasteiger partial charge in [-0.2, -0.15) is 0 Å². The minimum absolute atomic E-state index is 0.00263. The normalized spacial score (nSPS) is 10.6. The Kier molecular flexibility index (Phi) is 5.75. The number of hydrogen-bond donors (Lipinski definition) is 2. The first-order valence-electron chi connectivity index (χ1n) is 9.52. The third-order valence-electron chi connectivity index (χ3n) is 4.58. The predicted molar refractivity (Wildman–Crippen MR) is 114 cm³/mol. The monoisotopic (exact) mass is 436 g/mol. The minimum Gasteiger partial charge on any atom is -0.439 e. The number of ether oxygens (including phenoxy) is 1. The van der Waals surface area contributed by atoms with Gasteiger partial charge in [-0.15, -0.1) is 0 Å². The molecule has 4 rings (SSSR count).